The van der Waals surface area contributed by atoms with Gasteiger partial charge in [0.2, 0.25) is 0 Å². The first kappa shape index (κ1) is 14.3. The summed E-state index contributed by atoms with van der Waals surface area (Å²) in [5.74, 6) is 1.01. The summed E-state index contributed by atoms with van der Waals surface area (Å²) in [6.45, 7) is 7.21. The van der Waals surface area contributed by atoms with E-state index in [1.54, 1.807) is 0 Å². The Bertz CT molecular complexity index is 237. The molecular weight excluding hydrogens is 220 g/mol. The normalized spacial score (nSPS) is 38.0. The van der Waals surface area contributed by atoms with E-state index in [4.69, 9.17) is 0 Å². The monoisotopic (exact) mass is 252 g/mol. The van der Waals surface area contributed by atoms with E-state index in [-0.39, 0.29) is 0 Å². The fourth-order valence-electron chi connectivity index (χ4n) is 3.93. The van der Waals surface area contributed by atoms with Crippen LogP contribution in [0.5, 0.6) is 0 Å². The van der Waals surface area contributed by atoms with Gasteiger partial charge in [-0.1, -0.05) is 19.8 Å². The third-order valence-corrected chi connectivity index (χ3v) is 5.32. The van der Waals surface area contributed by atoms with Crippen molar-refractivity contribution in [3.63, 3.8) is 0 Å². The van der Waals surface area contributed by atoms with E-state index in [0.717, 1.165) is 12.0 Å². The SMILES string of the molecule is CCC1CCC(N(C)CC2(C)CCCCN2)CC1. The minimum Gasteiger partial charge on any atom is -0.310 e. The Morgan fingerprint density at radius 3 is 2.44 bits per heavy atom. The Kier molecular flexibility index (Phi) is 5.08. The lowest BCUT2D eigenvalue weighted by Gasteiger charge is -2.42. The van der Waals surface area contributed by atoms with E-state index in [1.165, 1.54) is 64.5 Å². The largest absolute Gasteiger partial charge is 0.310 e. The molecule has 2 rings (SSSR count). The van der Waals surface area contributed by atoms with Gasteiger partial charge in [0.05, 0.1) is 0 Å². The van der Waals surface area contributed by atoms with Crippen molar-refractivity contribution in [2.45, 2.75) is 76.8 Å². The second kappa shape index (κ2) is 6.38. The highest BCUT2D eigenvalue weighted by Gasteiger charge is 2.31. The maximum Gasteiger partial charge on any atom is 0.0280 e. The molecule has 18 heavy (non-hydrogen) atoms. The molecular formula is C16H32N2. The summed E-state index contributed by atoms with van der Waals surface area (Å²) < 4.78 is 0. The summed E-state index contributed by atoms with van der Waals surface area (Å²) in [5, 5.41) is 3.74. The second-order valence-corrected chi connectivity index (χ2v) is 6.94. The van der Waals surface area contributed by atoms with Crippen LogP contribution in [0.25, 0.3) is 0 Å². The maximum absolute atomic E-state index is 3.74. The standard InChI is InChI=1S/C16H32N2/c1-4-14-7-9-15(10-8-14)18(3)13-16(2)11-5-6-12-17-16/h14-15,17H,4-13H2,1-3H3. The Balaban J connectivity index is 1.79. The van der Waals surface area contributed by atoms with Crippen molar-refractivity contribution >= 4 is 0 Å². The molecule has 1 aliphatic heterocycles. The Hall–Kier alpha value is -0.0800. The number of nitrogens with zero attached hydrogens (tertiary/aromatic N) is 1. The molecule has 0 aromatic carbocycles. The van der Waals surface area contributed by atoms with Gasteiger partial charge in [0, 0.05) is 18.1 Å². The lowest BCUT2D eigenvalue weighted by Crippen LogP contribution is -2.55. The van der Waals surface area contributed by atoms with Gasteiger partial charge in [-0.25, -0.2) is 0 Å². The predicted octanol–water partition coefficient (Wildman–Crippen LogP) is 3.42. The molecule has 1 unspecified atom stereocenters. The number of hydrogen-bond donors (Lipinski definition) is 1. The number of piperidine rings is 1. The quantitative estimate of drug-likeness (QED) is 0.825. The van der Waals surface area contributed by atoms with Crippen molar-refractivity contribution in [2.75, 3.05) is 20.1 Å². The van der Waals surface area contributed by atoms with Crippen LogP contribution in [-0.2, 0) is 0 Å². The minimum absolute atomic E-state index is 0.370. The molecule has 0 radical (unpaired) electrons. The van der Waals surface area contributed by atoms with E-state index in [2.05, 4.69) is 31.1 Å². The zero-order valence-electron chi connectivity index (χ0n) is 12.7. The van der Waals surface area contributed by atoms with Crippen molar-refractivity contribution in [3.05, 3.63) is 0 Å². The van der Waals surface area contributed by atoms with Gasteiger partial charge in [-0.2, -0.15) is 0 Å². The molecule has 2 fully saturated rings. The van der Waals surface area contributed by atoms with Crippen LogP contribution in [0.1, 0.15) is 65.2 Å². The van der Waals surface area contributed by atoms with Crippen LogP contribution in [0, 0.1) is 5.92 Å². The second-order valence-electron chi connectivity index (χ2n) is 6.94. The molecule has 2 heteroatoms. The predicted molar refractivity (Wildman–Crippen MR) is 78.9 cm³/mol. The third kappa shape index (κ3) is 3.71. The van der Waals surface area contributed by atoms with Crippen LogP contribution in [-0.4, -0.2) is 36.6 Å². The molecule has 0 aromatic heterocycles. The van der Waals surface area contributed by atoms with E-state index in [1.807, 2.05) is 0 Å². The first-order valence-electron chi connectivity index (χ1n) is 8.08. The van der Waals surface area contributed by atoms with E-state index in [9.17, 15) is 0 Å². The first-order chi connectivity index (χ1) is 8.63. The van der Waals surface area contributed by atoms with E-state index in [0.29, 0.717) is 5.54 Å². The molecule has 0 bridgehead atoms. The van der Waals surface area contributed by atoms with Crippen LogP contribution < -0.4 is 5.32 Å². The van der Waals surface area contributed by atoms with Gasteiger partial charge in [0.25, 0.3) is 0 Å². The average molecular weight is 252 g/mol. The highest BCUT2D eigenvalue weighted by molar-refractivity contribution is 4.91. The molecule has 1 saturated heterocycles. The summed E-state index contributed by atoms with van der Waals surface area (Å²) in [4.78, 5) is 2.64. The molecule has 1 N–H and O–H groups in total. The Morgan fingerprint density at radius 2 is 1.89 bits per heavy atom. The molecule has 1 aliphatic carbocycles. The summed E-state index contributed by atoms with van der Waals surface area (Å²) >= 11 is 0. The van der Waals surface area contributed by atoms with Crippen molar-refractivity contribution < 1.29 is 0 Å². The van der Waals surface area contributed by atoms with Gasteiger partial charge in [0.15, 0.2) is 0 Å². The van der Waals surface area contributed by atoms with Gasteiger partial charge in [0.1, 0.15) is 0 Å². The maximum atomic E-state index is 3.74. The summed E-state index contributed by atoms with van der Waals surface area (Å²) in [6, 6.07) is 0.841. The summed E-state index contributed by atoms with van der Waals surface area (Å²) in [7, 11) is 2.35. The van der Waals surface area contributed by atoms with Gasteiger partial charge < -0.3 is 10.2 Å². The van der Waals surface area contributed by atoms with Crippen LogP contribution >= 0.6 is 0 Å². The van der Waals surface area contributed by atoms with E-state index < -0.39 is 0 Å². The lowest BCUT2D eigenvalue weighted by atomic mass is 9.83. The fourth-order valence-corrected chi connectivity index (χ4v) is 3.93. The number of hydrogen-bond acceptors (Lipinski definition) is 2. The molecule has 2 aliphatic rings. The first-order valence-corrected chi connectivity index (χ1v) is 8.08. The summed E-state index contributed by atoms with van der Waals surface area (Å²) in [6.07, 6.45) is 11.2. The third-order valence-electron chi connectivity index (χ3n) is 5.32. The van der Waals surface area contributed by atoms with Crippen LogP contribution in [0.3, 0.4) is 0 Å². The van der Waals surface area contributed by atoms with Crippen molar-refractivity contribution in [2.24, 2.45) is 5.92 Å². The molecule has 0 amide bonds. The van der Waals surface area contributed by atoms with Gasteiger partial charge in [-0.15, -0.1) is 0 Å². The summed E-state index contributed by atoms with van der Waals surface area (Å²) in [5.41, 5.74) is 0.370. The molecule has 1 saturated carbocycles. The smallest absolute Gasteiger partial charge is 0.0280 e. The lowest BCUT2D eigenvalue weighted by molar-refractivity contribution is 0.114. The molecule has 106 valence electrons. The molecule has 1 atom stereocenters. The van der Waals surface area contributed by atoms with Crippen molar-refractivity contribution in [3.8, 4) is 0 Å². The highest BCUT2D eigenvalue weighted by Crippen LogP contribution is 2.30. The number of likely N-dealkylation sites (N-methyl/N-ethyl adjacent to an activating group) is 1. The zero-order valence-corrected chi connectivity index (χ0v) is 12.7. The van der Waals surface area contributed by atoms with Gasteiger partial charge >= 0.3 is 0 Å². The Labute approximate surface area is 114 Å². The number of nitrogens with one attached hydrogen (secondary N) is 1. The van der Waals surface area contributed by atoms with Gasteiger partial charge in [-0.05, 0) is 65.0 Å². The topological polar surface area (TPSA) is 15.3 Å². The van der Waals surface area contributed by atoms with E-state index >= 15 is 0 Å². The molecule has 2 nitrogen and oxygen atoms in total. The molecule has 1 heterocycles. The van der Waals surface area contributed by atoms with Crippen LogP contribution in [0.4, 0.5) is 0 Å². The Morgan fingerprint density at radius 1 is 1.17 bits per heavy atom. The fraction of sp³-hybridized carbons (Fsp3) is 1.00. The average Bonchev–Trinajstić information content (AvgIpc) is 2.39. The molecule has 0 spiro atoms. The minimum atomic E-state index is 0.370. The van der Waals surface area contributed by atoms with Crippen LogP contribution in [0.2, 0.25) is 0 Å². The van der Waals surface area contributed by atoms with Gasteiger partial charge in [-0.3, -0.25) is 0 Å². The van der Waals surface area contributed by atoms with Crippen LogP contribution in [0.15, 0.2) is 0 Å². The molecule has 0 aromatic rings. The highest BCUT2D eigenvalue weighted by atomic mass is 15.2. The number of rotatable bonds is 4. The zero-order chi connectivity index (χ0) is 13.0. The van der Waals surface area contributed by atoms with Crippen molar-refractivity contribution in [1.82, 2.24) is 10.2 Å². The van der Waals surface area contributed by atoms with Crippen molar-refractivity contribution in [1.29, 1.82) is 0 Å².